The van der Waals surface area contributed by atoms with E-state index >= 15 is 0 Å². The molecule has 0 amide bonds. The van der Waals surface area contributed by atoms with Crippen molar-refractivity contribution < 1.29 is 17.9 Å². The van der Waals surface area contributed by atoms with E-state index < -0.39 is 6.36 Å². The largest absolute Gasteiger partial charge is 0.573 e. The third-order valence-corrected chi connectivity index (χ3v) is 2.98. The molecule has 1 aromatic rings. The molecule has 0 saturated heterocycles. The van der Waals surface area contributed by atoms with Gasteiger partial charge in [-0.1, -0.05) is 33.8 Å². The smallest absolute Gasteiger partial charge is 0.405 e. The van der Waals surface area contributed by atoms with Gasteiger partial charge in [-0.25, -0.2) is 0 Å². The molecule has 0 aromatic heterocycles. The Balaban J connectivity index is 3.30. The molecule has 0 N–H and O–H groups in total. The van der Waals surface area contributed by atoms with E-state index in [9.17, 15) is 13.2 Å². The van der Waals surface area contributed by atoms with E-state index in [-0.39, 0.29) is 5.75 Å². The van der Waals surface area contributed by atoms with Crippen LogP contribution in [0.4, 0.5) is 13.2 Å². The number of hydrogen-bond acceptors (Lipinski definition) is 1. The highest BCUT2D eigenvalue weighted by atomic mass is 19.4. The highest BCUT2D eigenvalue weighted by Crippen LogP contribution is 2.33. The van der Waals surface area contributed by atoms with Crippen molar-refractivity contribution in [2.45, 2.75) is 52.8 Å². The molecule has 0 radical (unpaired) electrons. The molecule has 1 rings (SSSR count). The molecule has 102 valence electrons. The molecule has 0 atom stereocenters. The number of benzene rings is 1. The van der Waals surface area contributed by atoms with Crippen LogP contribution in [0.15, 0.2) is 12.1 Å². The molecule has 0 heterocycles. The number of alkyl halides is 3. The number of ether oxygens (including phenoxy) is 1. The van der Waals surface area contributed by atoms with Gasteiger partial charge >= 0.3 is 6.36 Å². The van der Waals surface area contributed by atoms with Gasteiger partial charge in [0, 0.05) is 0 Å². The standard InChI is InChI=1S/C14H19F3O/c1-5-10-11(6-2)13(18-14(15,16)17)8-7-12(10)9(3)4/h7-9H,5-6H2,1-4H3. The Morgan fingerprint density at radius 2 is 1.61 bits per heavy atom. The van der Waals surface area contributed by atoms with Crippen LogP contribution in [0.1, 0.15) is 50.3 Å². The summed E-state index contributed by atoms with van der Waals surface area (Å²) in [5, 5.41) is 0. The van der Waals surface area contributed by atoms with Crippen molar-refractivity contribution in [1.29, 1.82) is 0 Å². The minimum atomic E-state index is -4.63. The second-order valence-electron chi connectivity index (χ2n) is 4.52. The molecular weight excluding hydrogens is 241 g/mol. The van der Waals surface area contributed by atoms with E-state index in [1.807, 2.05) is 27.7 Å². The van der Waals surface area contributed by atoms with Crippen molar-refractivity contribution in [2.75, 3.05) is 0 Å². The van der Waals surface area contributed by atoms with Crippen LogP contribution in [0.3, 0.4) is 0 Å². The van der Waals surface area contributed by atoms with Crippen molar-refractivity contribution in [3.63, 3.8) is 0 Å². The fourth-order valence-corrected chi connectivity index (χ4v) is 2.26. The van der Waals surface area contributed by atoms with E-state index in [2.05, 4.69) is 4.74 Å². The number of halogens is 3. The van der Waals surface area contributed by atoms with Gasteiger partial charge in [0.25, 0.3) is 0 Å². The van der Waals surface area contributed by atoms with Crippen LogP contribution < -0.4 is 4.74 Å². The molecule has 0 fully saturated rings. The van der Waals surface area contributed by atoms with E-state index in [1.54, 1.807) is 6.07 Å². The average molecular weight is 260 g/mol. The van der Waals surface area contributed by atoms with Crippen LogP contribution in [-0.4, -0.2) is 6.36 Å². The Labute approximate surface area is 106 Å². The van der Waals surface area contributed by atoms with Gasteiger partial charge in [0.05, 0.1) is 0 Å². The number of rotatable bonds is 4. The van der Waals surface area contributed by atoms with E-state index in [0.29, 0.717) is 24.3 Å². The highest BCUT2D eigenvalue weighted by Gasteiger charge is 2.32. The Morgan fingerprint density at radius 3 is 2.00 bits per heavy atom. The average Bonchev–Trinajstić information content (AvgIpc) is 2.25. The predicted octanol–water partition coefficient (Wildman–Crippen LogP) is 4.83. The van der Waals surface area contributed by atoms with Crippen LogP contribution in [0, 0.1) is 0 Å². The van der Waals surface area contributed by atoms with E-state index in [1.165, 1.54) is 6.07 Å². The normalized spacial score (nSPS) is 12.0. The molecule has 18 heavy (non-hydrogen) atoms. The molecule has 0 unspecified atom stereocenters. The zero-order chi connectivity index (χ0) is 13.9. The number of hydrogen-bond donors (Lipinski definition) is 0. The lowest BCUT2D eigenvalue weighted by molar-refractivity contribution is -0.274. The summed E-state index contributed by atoms with van der Waals surface area (Å²) in [5.41, 5.74) is 2.75. The van der Waals surface area contributed by atoms with Crippen molar-refractivity contribution >= 4 is 0 Å². The molecule has 0 aliphatic rings. The Kier molecular flexibility index (Phi) is 4.65. The first-order valence-corrected chi connectivity index (χ1v) is 6.20. The van der Waals surface area contributed by atoms with Crippen LogP contribution in [0.2, 0.25) is 0 Å². The molecular formula is C14H19F3O. The Morgan fingerprint density at radius 1 is 1.06 bits per heavy atom. The first kappa shape index (κ1) is 14.9. The summed E-state index contributed by atoms with van der Waals surface area (Å²) in [5.74, 6) is 0.233. The summed E-state index contributed by atoms with van der Waals surface area (Å²) < 4.78 is 41.1. The molecule has 0 spiro atoms. The van der Waals surface area contributed by atoms with Gasteiger partial charge in [-0.05, 0) is 41.5 Å². The van der Waals surface area contributed by atoms with Crippen molar-refractivity contribution in [1.82, 2.24) is 0 Å². The van der Waals surface area contributed by atoms with Gasteiger partial charge in [0.15, 0.2) is 0 Å². The van der Waals surface area contributed by atoms with Crippen LogP contribution in [-0.2, 0) is 12.8 Å². The summed E-state index contributed by atoms with van der Waals surface area (Å²) in [6.07, 6.45) is -3.38. The van der Waals surface area contributed by atoms with Crippen molar-refractivity contribution in [3.05, 3.63) is 28.8 Å². The summed E-state index contributed by atoms with van der Waals surface area (Å²) in [6, 6.07) is 3.17. The maximum atomic E-state index is 12.3. The fourth-order valence-electron chi connectivity index (χ4n) is 2.26. The van der Waals surface area contributed by atoms with Crippen LogP contribution in [0.25, 0.3) is 0 Å². The quantitative estimate of drug-likeness (QED) is 0.753. The summed E-state index contributed by atoms with van der Waals surface area (Å²) in [7, 11) is 0. The Bertz CT molecular complexity index is 408. The van der Waals surface area contributed by atoms with Crippen molar-refractivity contribution in [2.24, 2.45) is 0 Å². The van der Waals surface area contributed by atoms with Crippen molar-refractivity contribution in [3.8, 4) is 5.75 Å². The van der Waals surface area contributed by atoms with Gasteiger partial charge in [0.2, 0.25) is 0 Å². The molecule has 4 heteroatoms. The molecule has 0 saturated carbocycles. The maximum Gasteiger partial charge on any atom is 0.573 e. The van der Waals surface area contributed by atoms with Gasteiger partial charge < -0.3 is 4.74 Å². The topological polar surface area (TPSA) is 9.23 Å². The fraction of sp³-hybridized carbons (Fsp3) is 0.571. The molecule has 0 aliphatic heterocycles. The van der Waals surface area contributed by atoms with E-state index in [4.69, 9.17) is 0 Å². The van der Waals surface area contributed by atoms with Crippen LogP contribution >= 0.6 is 0 Å². The highest BCUT2D eigenvalue weighted by molar-refractivity contribution is 5.46. The summed E-state index contributed by atoms with van der Waals surface area (Å²) in [6.45, 7) is 7.88. The second-order valence-corrected chi connectivity index (χ2v) is 4.52. The van der Waals surface area contributed by atoms with Gasteiger partial charge in [0.1, 0.15) is 5.75 Å². The third-order valence-electron chi connectivity index (χ3n) is 2.98. The predicted molar refractivity (Wildman–Crippen MR) is 66.0 cm³/mol. The van der Waals surface area contributed by atoms with E-state index in [0.717, 1.165) is 11.1 Å². The maximum absolute atomic E-state index is 12.3. The molecule has 1 nitrogen and oxygen atoms in total. The molecule has 0 bridgehead atoms. The van der Waals surface area contributed by atoms with Gasteiger partial charge in [-0.15, -0.1) is 13.2 Å². The zero-order valence-corrected chi connectivity index (χ0v) is 11.2. The Hall–Kier alpha value is -1.19. The summed E-state index contributed by atoms with van der Waals surface area (Å²) in [4.78, 5) is 0. The van der Waals surface area contributed by atoms with Gasteiger partial charge in [-0.2, -0.15) is 0 Å². The third kappa shape index (κ3) is 3.40. The lowest BCUT2D eigenvalue weighted by atomic mass is 9.90. The molecule has 1 aromatic carbocycles. The summed E-state index contributed by atoms with van der Waals surface area (Å²) >= 11 is 0. The minimum absolute atomic E-state index is 0.0637. The first-order chi connectivity index (χ1) is 8.30. The lowest BCUT2D eigenvalue weighted by Crippen LogP contribution is -2.19. The molecule has 0 aliphatic carbocycles. The van der Waals surface area contributed by atoms with Gasteiger partial charge in [-0.3, -0.25) is 0 Å². The monoisotopic (exact) mass is 260 g/mol. The SMILES string of the molecule is CCc1c(OC(F)(F)F)ccc(C(C)C)c1CC. The van der Waals surface area contributed by atoms with Crippen LogP contribution in [0.5, 0.6) is 5.75 Å². The second kappa shape index (κ2) is 5.63. The zero-order valence-electron chi connectivity index (χ0n) is 11.2. The minimum Gasteiger partial charge on any atom is -0.405 e. The lowest BCUT2D eigenvalue weighted by Gasteiger charge is -2.20. The first-order valence-electron chi connectivity index (χ1n) is 6.20.